The first-order valence-electron chi connectivity index (χ1n) is 5.81. The van der Waals surface area contributed by atoms with Crippen molar-refractivity contribution in [3.05, 3.63) is 63.9 Å². The molecule has 0 fully saturated rings. The minimum atomic E-state index is -0.324. The standard InChI is InChI=1S/C15H13ClFNO/c1-9-3-5-12(16)8-14(9)18-15(19)11-4-6-13(17)10(2)7-11/h3-8H,1-2H3,(H,18,19). The second-order valence-electron chi connectivity index (χ2n) is 4.38. The fourth-order valence-corrected chi connectivity index (χ4v) is 1.88. The molecule has 0 saturated carbocycles. The van der Waals surface area contributed by atoms with Crippen LogP contribution in [-0.2, 0) is 0 Å². The first kappa shape index (κ1) is 13.6. The second kappa shape index (κ2) is 5.41. The third kappa shape index (κ3) is 3.12. The van der Waals surface area contributed by atoms with Crippen LogP contribution in [0.4, 0.5) is 10.1 Å². The summed E-state index contributed by atoms with van der Waals surface area (Å²) in [5, 5.41) is 3.32. The van der Waals surface area contributed by atoms with Gasteiger partial charge in [-0.25, -0.2) is 4.39 Å². The number of carbonyl (C=O) groups is 1. The van der Waals surface area contributed by atoms with Crippen LogP contribution in [0.3, 0.4) is 0 Å². The van der Waals surface area contributed by atoms with Gasteiger partial charge in [-0.1, -0.05) is 17.7 Å². The van der Waals surface area contributed by atoms with Crippen LogP contribution in [0, 0.1) is 19.7 Å². The molecule has 0 spiro atoms. The fourth-order valence-electron chi connectivity index (χ4n) is 1.71. The number of halogens is 2. The van der Waals surface area contributed by atoms with Crippen LogP contribution in [0.2, 0.25) is 5.02 Å². The van der Waals surface area contributed by atoms with Gasteiger partial charge in [0.15, 0.2) is 0 Å². The van der Waals surface area contributed by atoms with Crippen molar-refractivity contribution < 1.29 is 9.18 Å². The van der Waals surface area contributed by atoms with Crippen LogP contribution in [0.1, 0.15) is 21.5 Å². The van der Waals surface area contributed by atoms with E-state index in [0.29, 0.717) is 21.8 Å². The van der Waals surface area contributed by atoms with Gasteiger partial charge in [0.25, 0.3) is 5.91 Å². The summed E-state index contributed by atoms with van der Waals surface area (Å²) in [6, 6.07) is 9.53. The maximum absolute atomic E-state index is 13.2. The number of amides is 1. The normalized spacial score (nSPS) is 10.3. The molecule has 0 bridgehead atoms. The molecule has 0 aromatic heterocycles. The van der Waals surface area contributed by atoms with Crippen LogP contribution in [0.25, 0.3) is 0 Å². The van der Waals surface area contributed by atoms with Gasteiger partial charge >= 0.3 is 0 Å². The topological polar surface area (TPSA) is 29.1 Å². The minimum absolute atomic E-state index is 0.284. The summed E-state index contributed by atoms with van der Waals surface area (Å²) in [5.41, 5.74) is 2.42. The van der Waals surface area contributed by atoms with Crippen LogP contribution < -0.4 is 5.32 Å². The van der Waals surface area contributed by atoms with Gasteiger partial charge in [0.1, 0.15) is 5.82 Å². The fraction of sp³-hybridized carbons (Fsp3) is 0.133. The number of hydrogen-bond donors (Lipinski definition) is 1. The van der Waals surface area contributed by atoms with Gasteiger partial charge in [-0.3, -0.25) is 4.79 Å². The van der Waals surface area contributed by atoms with E-state index in [4.69, 9.17) is 11.6 Å². The van der Waals surface area contributed by atoms with E-state index in [1.165, 1.54) is 18.2 Å². The number of hydrogen-bond acceptors (Lipinski definition) is 1. The summed E-state index contributed by atoms with van der Waals surface area (Å²) >= 11 is 5.89. The smallest absolute Gasteiger partial charge is 0.255 e. The highest BCUT2D eigenvalue weighted by Gasteiger charge is 2.09. The summed E-state index contributed by atoms with van der Waals surface area (Å²) in [5.74, 6) is -0.607. The van der Waals surface area contributed by atoms with Crippen molar-refractivity contribution in [1.82, 2.24) is 0 Å². The molecule has 0 radical (unpaired) electrons. The Morgan fingerprint density at radius 1 is 1.11 bits per heavy atom. The van der Waals surface area contributed by atoms with Crippen LogP contribution in [-0.4, -0.2) is 5.91 Å². The van der Waals surface area contributed by atoms with Gasteiger partial charge in [-0.15, -0.1) is 0 Å². The highest BCUT2D eigenvalue weighted by Crippen LogP contribution is 2.21. The van der Waals surface area contributed by atoms with Gasteiger partial charge in [0.2, 0.25) is 0 Å². The Balaban J connectivity index is 2.25. The Labute approximate surface area is 116 Å². The molecule has 98 valence electrons. The van der Waals surface area contributed by atoms with E-state index in [9.17, 15) is 9.18 Å². The van der Waals surface area contributed by atoms with Crippen LogP contribution in [0.15, 0.2) is 36.4 Å². The van der Waals surface area contributed by atoms with E-state index in [2.05, 4.69) is 5.32 Å². The van der Waals surface area contributed by atoms with Crippen LogP contribution >= 0.6 is 11.6 Å². The molecule has 0 aliphatic rings. The van der Waals surface area contributed by atoms with E-state index in [1.54, 1.807) is 19.1 Å². The second-order valence-corrected chi connectivity index (χ2v) is 4.81. The Morgan fingerprint density at radius 3 is 2.53 bits per heavy atom. The molecule has 0 saturated heterocycles. The molecule has 1 amide bonds. The lowest BCUT2D eigenvalue weighted by Crippen LogP contribution is -2.13. The SMILES string of the molecule is Cc1cc(C(=O)Nc2cc(Cl)ccc2C)ccc1F. The summed E-state index contributed by atoms with van der Waals surface area (Å²) in [6.45, 7) is 3.50. The van der Waals surface area contributed by atoms with Gasteiger partial charge in [-0.05, 0) is 55.3 Å². The zero-order chi connectivity index (χ0) is 14.0. The number of anilines is 1. The predicted molar refractivity (Wildman–Crippen MR) is 75.3 cm³/mol. The zero-order valence-electron chi connectivity index (χ0n) is 10.6. The largest absolute Gasteiger partial charge is 0.322 e. The first-order chi connectivity index (χ1) is 8.97. The van der Waals surface area contributed by atoms with E-state index in [0.717, 1.165) is 5.56 Å². The monoisotopic (exact) mass is 277 g/mol. The van der Waals surface area contributed by atoms with E-state index in [-0.39, 0.29) is 11.7 Å². The molecule has 2 rings (SSSR count). The molecular formula is C15H13ClFNO. The number of carbonyl (C=O) groups excluding carboxylic acids is 1. The molecule has 19 heavy (non-hydrogen) atoms. The lowest BCUT2D eigenvalue weighted by Gasteiger charge is -2.09. The average Bonchev–Trinajstić information content (AvgIpc) is 2.37. The van der Waals surface area contributed by atoms with Crippen LogP contribution in [0.5, 0.6) is 0 Å². The van der Waals surface area contributed by atoms with Crippen molar-refractivity contribution in [2.75, 3.05) is 5.32 Å². The van der Waals surface area contributed by atoms with Crippen molar-refractivity contribution in [2.45, 2.75) is 13.8 Å². The maximum Gasteiger partial charge on any atom is 0.255 e. The van der Waals surface area contributed by atoms with Gasteiger partial charge in [0.05, 0.1) is 0 Å². The molecule has 0 aliphatic heterocycles. The first-order valence-corrected chi connectivity index (χ1v) is 6.19. The summed E-state index contributed by atoms with van der Waals surface area (Å²) < 4.78 is 13.2. The Kier molecular flexibility index (Phi) is 3.86. The summed E-state index contributed by atoms with van der Waals surface area (Å²) in [4.78, 5) is 12.1. The third-order valence-corrected chi connectivity index (χ3v) is 3.10. The van der Waals surface area contributed by atoms with Gasteiger partial charge in [-0.2, -0.15) is 0 Å². The van der Waals surface area contributed by atoms with Crippen molar-refractivity contribution >= 4 is 23.2 Å². The number of nitrogens with one attached hydrogen (secondary N) is 1. The minimum Gasteiger partial charge on any atom is -0.322 e. The molecule has 1 N–H and O–H groups in total. The molecule has 0 atom stereocenters. The molecule has 0 heterocycles. The van der Waals surface area contributed by atoms with E-state index >= 15 is 0 Å². The number of rotatable bonds is 2. The van der Waals surface area contributed by atoms with Crippen molar-refractivity contribution in [3.8, 4) is 0 Å². The third-order valence-electron chi connectivity index (χ3n) is 2.87. The lowest BCUT2D eigenvalue weighted by molar-refractivity contribution is 0.102. The Bertz CT molecular complexity index is 640. The average molecular weight is 278 g/mol. The Hall–Kier alpha value is -1.87. The van der Waals surface area contributed by atoms with E-state index < -0.39 is 0 Å². The summed E-state index contributed by atoms with van der Waals surface area (Å²) in [6.07, 6.45) is 0. The summed E-state index contributed by atoms with van der Waals surface area (Å²) in [7, 11) is 0. The molecule has 4 heteroatoms. The zero-order valence-corrected chi connectivity index (χ0v) is 11.4. The number of aryl methyl sites for hydroxylation is 2. The molecule has 2 aromatic carbocycles. The quantitative estimate of drug-likeness (QED) is 0.869. The van der Waals surface area contributed by atoms with E-state index in [1.807, 2.05) is 13.0 Å². The lowest BCUT2D eigenvalue weighted by atomic mass is 10.1. The van der Waals surface area contributed by atoms with Crippen molar-refractivity contribution in [2.24, 2.45) is 0 Å². The predicted octanol–water partition coefficient (Wildman–Crippen LogP) is 4.35. The van der Waals surface area contributed by atoms with Gasteiger partial charge < -0.3 is 5.32 Å². The molecule has 0 aliphatic carbocycles. The molecular weight excluding hydrogens is 265 g/mol. The Morgan fingerprint density at radius 2 is 1.84 bits per heavy atom. The maximum atomic E-state index is 13.2. The number of benzene rings is 2. The van der Waals surface area contributed by atoms with Crippen molar-refractivity contribution in [3.63, 3.8) is 0 Å². The highest BCUT2D eigenvalue weighted by molar-refractivity contribution is 6.31. The van der Waals surface area contributed by atoms with Crippen molar-refractivity contribution in [1.29, 1.82) is 0 Å². The molecule has 2 nitrogen and oxygen atoms in total. The molecule has 0 unspecified atom stereocenters. The highest BCUT2D eigenvalue weighted by atomic mass is 35.5. The van der Waals surface area contributed by atoms with Gasteiger partial charge in [0, 0.05) is 16.3 Å². The molecule has 2 aromatic rings.